The second-order valence-corrected chi connectivity index (χ2v) is 5.81. The number of pyridine rings is 1. The average Bonchev–Trinajstić information content (AvgIpc) is 2.64. The van der Waals surface area contributed by atoms with E-state index in [1.54, 1.807) is 0 Å². The van der Waals surface area contributed by atoms with Crippen LogP contribution in [0, 0.1) is 5.82 Å². The van der Waals surface area contributed by atoms with Crippen LogP contribution in [0.4, 0.5) is 4.39 Å². The molecule has 7 nitrogen and oxygen atoms in total. The molecule has 27 heavy (non-hydrogen) atoms. The Morgan fingerprint density at radius 2 is 1.70 bits per heavy atom. The Morgan fingerprint density at radius 3 is 2.30 bits per heavy atom. The van der Waals surface area contributed by atoms with Crippen molar-refractivity contribution in [3.63, 3.8) is 0 Å². The summed E-state index contributed by atoms with van der Waals surface area (Å²) in [5.41, 5.74) is 0. The predicted molar refractivity (Wildman–Crippen MR) is 93.4 cm³/mol. The molecule has 0 bridgehead atoms. The van der Waals surface area contributed by atoms with Gasteiger partial charge in [-0.15, -0.1) is 0 Å². The lowest BCUT2D eigenvalue weighted by atomic mass is 10.3. The number of rotatable bonds is 7. The first-order valence-electron chi connectivity index (χ1n) is 7.84. The minimum atomic E-state index is -1.04. The molecule has 1 aromatic carbocycles. The Hall–Kier alpha value is -2.87. The highest BCUT2D eigenvalue weighted by atomic mass is 35.5. The number of benzene rings is 1. The van der Waals surface area contributed by atoms with Crippen molar-refractivity contribution in [3.05, 3.63) is 47.4 Å². The highest BCUT2D eigenvalue weighted by molar-refractivity contribution is 6.30. The summed E-state index contributed by atoms with van der Waals surface area (Å²) in [7, 11) is 1.20. The van der Waals surface area contributed by atoms with Gasteiger partial charge >= 0.3 is 11.9 Å². The van der Waals surface area contributed by atoms with E-state index in [4.69, 9.17) is 25.8 Å². The van der Waals surface area contributed by atoms with Gasteiger partial charge in [-0.2, -0.15) is 0 Å². The van der Waals surface area contributed by atoms with E-state index < -0.39 is 30.0 Å². The summed E-state index contributed by atoms with van der Waals surface area (Å²) in [5.74, 6) is -1.64. The Morgan fingerprint density at radius 1 is 1.07 bits per heavy atom. The Labute approximate surface area is 160 Å². The molecule has 0 saturated heterocycles. The van der Waals surface area contributed by atoms with Crippen LogP contribution in [0.1, 0.15) is 13.8 Å². The van der Waals surface area contributed by atoms with Crippen LogP contribution >= 0.6 is 11.6 Å². The van der Waals surface area contributed by atoms with Crippen LogP contribution in [0.2, 0.25) is 5.02 Å². The number of hydrogen-bond acceptors (Lipinski definition) is 7. The number of ether oxygens (including phenoxy) is 4. The van der Waals surface area contributed by atoms with Gasteiger partial charge < -0.3 is 18.9 Å². The van der Waals surface area contributed by atoms with Crippen molar-refractivity contribution in [2.75, 3.05) is 7.11 Å². The minimum Gasteiger partial charge on any atom is -0.479 e. The first-order valence-corrected chi connectivity index (χ1v) is 8.22. The monoisotopic (exact) mass is 397 g/mol. The van der Waals surface area contributed by atoms with E-state index in [0.717, 1.165) is 6.07 Å². The third-order valence-electron chi connectivity index (χ3n) is 3.28. The second kappa shape index (κ2) is 9.18. The molecule has 0 aliphatic rings. The summed E-state index contributed by atoms with van der Waals surface area (Å²) in [5, 5.41) is 0.158. The Bertz CT molecular complexity index is 814. The fourth-order valence-electron chi connectivity index (χ4n) is 1.91. The van der Waals surface area contributed by atoms with Gasteiger partial charge in [0.15, 0.2) is 18.0 Å². The summed E-state index contributed by atoms with van der Waals surface area (Å²) < 4.78 is 33.9. The molecule has 1 aromatic heterocycles. The van der Waals surface area contributed by atoms with Gasteiger partial charge in [-0.3, -0.25) is 0 Å². The topological polar surface area (TPSA) is 84.0 Å². The highest BCUT2D eigenvalue weighted by Gasteiger charge is 2.23. The zero-order chi connectivity index (χ0) is 20.0. The standard InChI is InChI=1S/C18H17ClFNO6/c1-10(17(22)24-3)26-18(23)11(2)25-13-4-6-14(7-5-13)27-16-15(20)8-12(19)9-21-16/h4-11H,1-3H3/t10?,11-/m1/s1. The quantitative estimate of drug-likeness (QED) is 0.660. The van der Waals surface area contributed by atoms with Crippen molar-refractivity contribution in [2.24, 2.45) is 0 Å². The van der Waals surface area contributed by atoms with Gasteiger partial charge in [-0.1, -0.05) is 11.6 Å². The van der Waals surface area contributed by atoms with Gasteiger partial charge in [0.25, 0.3) is 5.88 Å². The number of nitrogens with zero attached hydrogens (tertiary/aromatic N) is 1. The lowest BCUT2D eigenvalue weighted by molar-refractivity contribution is -0.168. The normalized spacial score (nSPS) is 12.6. The van der Waals surface area contributed by atoms with Crippen LogP contribution < -0.4 is 9.47 Å². The fourth-order valence-corrected chi connectivity index (χ4v) is 2.06. The molecular weight excluding hydrogens is 381 g/mol. The SMILES string of the molecule is COC(=O)C(C)OC(=O)[C@@H](C)Oc1ccc(Oc2ncc(Cl)cc2F)cc1. The zero-order valence-electron chi connectivity index (χ0n) is 14.8. The van der Waals surface area contributed by atoms with E-state index >= 15 is 0 Å². The van der Waals surface area contributed by atoms with E-state index in [-0.39, 0.29) is 10.9 Å². The maximum Gasteiger partial charge on any atom is 0.347 e. The molecule has 1 heterocycles. The van der Waals surface area contributed by atoms with Gasteiger partial charge in [-0.05, 0) is 44.2 Å². The van der Waals surface area contributed by atoms with Crippen molar-refractivity contribution < 1.29 is 32.9 Å². The molecule has 2 atom stereocenters. The molecule has 1 unspecified atom stereocenters. The van der Waals surface area contributed by atoms with Crippen LogP contribution in [-0.2, 0) is 19.1 Å². The molecule has 2 aromatic rings. The Kier molecular flexibility index (Phi) is 6.95. The van der Waals surface area contributed by atoms with Crippen molar-refractivity contribution in [3.8, 4) is 17.4 Å². The van der Waals surface area contributed by atoms with Crippen LogP contribution in [0.3, 0.4) is 0 Å². The Balaban J connectivity index is 1.94. The fraction of sp³-hybridized carbons (Fsp3) is 0.278. The zero-order valence-corrected chi connectivity index (χ0v) is 15.5. The molecule has 0 N–H and O–H groups in total. The van der Waals surface area contributed by atoms with Crippen LogP contribution in [0.15, 0.2) is 36.5 Å². The van der Waals surface area contributed by atoms with Gasteiger partial charge in [0.05, 0.1) is 12.1 Å². The van der Waals surface area contributed by atoms with Crippen molar-refractivity contribution in [1.29, 1.82) is 0 Å². The van der Waals surface area contributed by atoms with Crippen molar-refractivity contribution >= 4 is 23.5 Å². The molecular formula is C18H17ClFNO6. The smallest absolute Gasteiger partial charge is 0.347 e. The number of hydrogen-bond donors (Lipinski definition) is 0. The van der Waals surface area contributed by atoms with Gasteiger partial charge in [0, 0.05) is 6.20 Å². The predicted octanol–water partition coefficient (Wildman–Crippen LogP) is 3.54. The third-order valence-corrected chi connectivity index (χ3v) is 3.49. The average molecular weight is 398 g/mol. The molecule has 0 radical (unpaired) electrons. The van der Waals surface area contributed by atoms with E-state index in [1.165, 1.54) is 51.4 Å². The molecule has 144 valence electrons. The number of aromatic nitrogens is 1. The van der Waals surface area contributed by atoms with E-state index in [9.17, 15) is 14.0 Å². The van der Waals surface area contributed by atoms with Crippen LogP contribution in [-0.4, -0.2) is 36.2 Å². The third kappa shape index (κ3) is 5.82. The maximum absolute atomic E-state index is 13.7. The minimum absolute atomic E-state index is 0.158. The summed E-state index contributed by atoms with van der Waals surface area (Å²) >= 11 is 5.63. The van der Waals surface area contributed by atoms with E-state index in [0.29, 0.717) is 11.5 Å². The lowest BCUT2D eigenvalue weighted by Gasteiger charge is -2.16. The number of methoxy groups -OCH3 is 1. The molecule has 0 fully saturated rings. The molecule has 0 aliphatic carbocycles. The maximum atomic E-state index is 13.7. The molecule has 0 aliphatic heterocycles. The van der Waals surface area contributed by atoms with E-state index in [2.05, 4.69) is 9.72 Å². The molecule has 9 heteroatoms. The summed E-state index contributed by atoms with van der Waals surface area (Å²) in [6, 6.07) is 7.16. The summed E-state index contributed by atoms with van der Waals surface area (Å²) in [4.78, 5) is 26.9. The number of halogens is 2. The number of esters is 2. The van der Waals surface area contributed by atoms with Gasteiger partial charge in [-0.25, -0.2) is 19.0 Å². The first-order chi connectivity index (χ1) is 12.8. The second-order valence-electron chi connectivity index (χ2n) is 5.38. The van der Waals surface area contributed by atoms with Crippen molar-refractivity contribution in [1.82, 2.24) is 4.98 Å². The highest BCUT2D eigenvalue weighted by Crippen LogP contribution is 2.26. The van der Waals surface area contributed by atoms with Crippen molar-refractivity contribution in [2.45, 2.75) is 26.1 Å². The largest absolute Gasteiger partial charge is 0.479 e. The van der Waals surface area contributed by atoms with Gasteiger partial charge in [0.2, 0.25) is 0 Å². The first kappa shape index (κ1) is 20.4. The lowest BCUT2D eigenvalue weighted by Crippen LogP contribution is -2.33. The van der Waals surface area contributed by atoms with E-state index in [1.807, 2.05) is 0 Å². The number of carbonyl (C=O) groups excluding carboxylic acids is 2. The van der Waals surface area contributed by atoms with Gasteiger partial charge in [0.1, 0.15) is 11.5 Å². The molecule has 0 saturated carbocycles. The molecule has 0 amide bonds. The summed E-state index contributed by atoms with van der Waals surface area (Å²) in [6.07, 6.45) is -0.731. The van der Waals surface area contributed by atoms with Crippen LogP contribution in [0.25, 0.3) is 0 Å². The summed E-state index contributed by atoms with van der Waals surface area (Å²) in [6.45, 7) is 2.87. The molecule has 2 rings (SSSR count). The molecule has 0 spiro atoms. The number of carbonyl (C=O) groups is 2. The van der Waals surface area contributed by atoms with Crippen LogP contribution in [0.5, 0.6) is 17.4 Å².